The standard InChI is InChI=1S/C16H24F3N5S/c1-2-20-15(21-9-14-23-13(10-25-14)16(17,18)19)22-11-5-7-24(8-6-11)12-3-4-12/h10-12H,2-9H2,1H3,(H2,20,21,22). The van der Waals surface area contributed by atoms with Crippen molar-refractivity contribution in [3.63, 3.8) is 0 Å². The van der Waals surface area contributed by atoms with Crippen LogP contribution in [0.3, 0.4) is 0 Å². The second-order valence-corrected chi connectivity index (χ2v) is 7.45. The molecule has 3 rings (SSSR count). The summed E-state index contributed by atoms with van der Waals surface area (Å²) >= 11 is 0.993. The molecule has 0 amide bonds. The van der Waals surface area contributed by atoms with Gasteiger partial charge in [-0.25, -0.2) is 9.98 Å². The Hall–Kier alpha value is -1.35. The van der Waals surface area contributed by atoms with Crippen molar-refractivity contribution in [3.8, 4) is 0 Å². The number of hydrogen-bond acceptors (Lipinski definition) is 4. The van der Waals surface area contributed by atoms with Crippen LogP contribution < -0.4 is 10.6 Å². The number of guanidine groups is 1. The molecule has 140 valence electrons. The third-order valence-corrected chi connectivity index (χ3v) is 5.33. The summed E-state index contributed by atoms with van der Waals surface area (Å²) in [5.74, 6) is 0.649. The van der Waals surface area contributed by atoms with Gasteiger partial charge in [0.25, 0.3) is 0 Å². The molecule has 2 heterocycles. The monoisotopic (exact) mass is 375 g/mol. The summed E-state index contributed by atoms with van der Waals surface area (Å²) in [4.78, 5) is 10.6. The van der Waals surface area contributed by atoms with Crippen LogP contribution in [-0.2, 0) is 12.7 Å². The van der Waals surface area contributed by atoms with Crippen LogP contribution in [0.15, 0.2) is 10.4 Å². The molecular weight excluding hydrogens is 351 g/mol. The van der Waals surface area contributed by atoms with Gasteiger partial charge in [0.1, 0.15) is 5.01 Å². The second-order valence-electron chi connectivity index (χ2n) is 6.51. The van der Waals surface area contributed by atoms with Crippen LogP contribution in [0.2, 0.25) is 0 Å². The van der Waals surface area contributed by atoms with E-state index in [2.05, 4.69) is 25.5 Å². The van der Waals surface area contributed by atoms with Gasteiger partial charge in [0.2, 0.25) is 0 Å². The minimum absolute atomic E-state index is 0.150. The molecule has 0 spiro atoms. The van der Waals surface area contributed by atoms with Gasteiger partial charge in [-0.15, -0.1) is 11.3 Å². The zero-order valence-electron chi connectivity index (χ0n) is 14.3. The molecule has 9 heteroatoms. The minimum atomic E-state index is -4.39. The fraction of sp³-hybridized carbons (Fsp3) is 0.750. The van der Waals surface area contributed by atoms with Gasteiger partial charge in [-0.3, -0.25) is 0 Å². The Morgan fingerprint density at radius 3 is 2.60 bits per heavy atom. The average Bonchev–Trinajstić information content (AvgIpc) is 3.30. The van der Waals surface area contributed by atoms with Crippen LogP contribution >= 0.6 is 11.3 Å². The number of alkyl halides is 3. The van der Waals surface area contributed by atoms with E-state index in [1.807, 2.05) is 6.92 Å². The minimum Gasteiger partial charge on any atom is -0.357 e. The number of nitrogens with zero attached hydrogens (tertiary/aromatic N) is 3. The number of piperidine rings is 1. The van der Waals surface area contributed by atoms with E-state index >= 15 is 0 Å². The van der Waals surface area contributed by atoms with Crippen LogP contribution in [0.5, 0.6) is 0 Å². The average molecular weight is 375 g/mol. The highest BCUT2D eigenvalue weighted by atomic mass is 32.1. The van der Waals surface area contributed by atoms with Crippen molar-refractivity contribution in [1.29, 1.82) is 0 Å². The first-order valence-electron chi connectivity index (χ1n) is 8.76. The van der Waals surface area contributed by atoms with E-state index in [0.29, 0.717) is 23.6 Å². The van der Waals surface area contributed by atoms with Crippen molar-refractivity contribution in [2.24, 2.45) is 4.99 Å². The van der Waals surface area contributed by atoms with E-state index in [1.165, 1.54) is 12.8 Å². The van der Waals surface area contributed by atoms with Crippen LogP contribution in [0.25, 0.3) is 0 Å². The second kappa shape index (κ2) is 7.90. The lowest BCUT2D eigenvalue weighted by atomic mass is 10.1. The number of nitrogens with one attached hydrogen (secondary N) is 2. The number of likely N-dealkylation sites (tertiary alicyclic amines) is 1. The summed E-state index contributed by atoms with van der Waals surface area (Å²) in [5.41, 5.74) is -0.840. The quantitative estimate of drug-likeness (QED) is 0.614. The summed E-state index contributed by atoms with van der Waals surface area (Å²) in [6.07, 6.45) is 0.398. The van der Waals surface area contributed by atoms with Gasteiger partial charge in [-0.05, 0) is 32.6 Å². The van der Waals surface area contributed by atoms with Gasteiger partial charge in [0, 0.05) is 37.1 Å². The third-order valence-electron chi connectivity index (χ3n) is 4.49. The lowest BCUT2D eigenvalue weighted by Gasteiger charge is -2.33. The summed E-state index contributed by atoms with van der Waals surface area (Å²) < 4.78 is 37.8. The Bertz CT molecular complexity index is 589. The molecule has 2 fully saturated rings. The number of thiazole rings is 1. The fourth-order valence-corrected chi connectivity index (χ4v) is 3.75. The highest BCUT2D eigenvalue weighted by Gasteiger charge is 2.34. The molecule has 2 aliphatic rings. The largest absolute Gasteiger partial charge is 0.434 e. The zero-order chi connectivity index (χ0) is 17.9. The van der Waals surface area contributed by atoms with E-state index < -0.39 is 11.9 Å². The van der Waals surface area contributed by atoms with Gasteiger partial charge >= 0.3 is 6.18 Å². The maximum atomic E-state index is 12.6. The fourth-order valence-electron chi connectivity index (χ4n) is 3.02. The topological polar surface area (TPSA) is 52.6 Å². The van der Waals surface area contributed by atoms with Crippen molar-refractivity contribution in [1.82, 2.24) is 20.5 Å². The van der Waals surface area contributed by atoms with Crippen molar-refractivity contribution < 1.29 is 13.2 Å². The van der Waals surface area contributed by atoms with Gasteiger partial charge in [-0.2, -0.15) is 13.2 Å². The molecule has 1 aliphatic carbocycles. The number of halogens is 3. The Morgan fingerprint density at radius 1 is 1.32 bits per heavy atom. The smallest absolute Gasteiger partial charge is 0.357 e. The van der Waals surface area contributed by atoms with Gasteiger partial charge in [0.05, 0.1) is 6.54 Å². The molecule has 0 atom stereocenters. The first-order valence-corrected chi connectivity index (χ1v) is 9.64. The highest BCUT2D eigenvalue weighted by molar-refractivity contribution is 7.09. The molecule has 0 radical (unpaired) electrons. The van der Waals surface area contributed by atoms with E-state index in [1.54, 1.807) is 0 Å². The van der Waals surface area contributed by atoms with Crippen LogP contribution in [-0.4, -0.2) is 47.6 Å². The highest BCUT2D eigenvalue weighted by Crippen LogP contribution is 2.30. The van der Waals surface area contributed by atoms with E-state index in [-0.39, 0.29) is 6.54 Å². The Kier molecular flexibility index (Phi) is 5.83. The summed E-state index contributed by atoms with van der Waals surface area (Å²) in [5, 5.41) is 7.98. The van der Waals surface area contributed by atoms with Gasteiger partial charge < -0.3 is 15.5 Å². The molecular formula is C16H24F3N5S. The van der Waals surface area contributed by atoms with Crippen molar-refractivity contribution >= 4 is 17.3 Å². The van der Waals surface area contributed by atoms with Crippen LogP contribution in [0.1, 0.15) is 43.3 Å². The molecule has 1 aliphatic heterocycles. The summed E-state index contributed by atoms with van der Waals surface area (Å²) in [6.45, 7) is 5.03. The molecule has 5 nitrogen and oxygen atoms in total. The van der Waals surface area contributed by atoms with Gasteiger partial charge in [0.15, 0.2) is 11.7 Å². The number of rotatable bonds is 5. The maximum absolute atomic E-state index is 12.6. The molecule has 25 heavy (non-hydrogen) atoms. The molecule has 0 unspecified atom stereocenters. The van der Waals surface area contributed by atoms with Crippen molar-refractivity contribution in [2.45, 2.75) is 57.4 Å². The van der Waals surface area contributed by atoms with E-state index in [4.69, 9.17) is 0 Å². The molecule has 1 aromatic rings. The molecule has 1 saturated carbocycles. The zero-order valence-corrected chi connectivity index (χ0v) is 15.1. The predicted molar refractivity (Wildman–Crippen MR) is 92.7 cm³/mol. The molecule has 0 aromatic carbocycles. The molecule has 2 N–H and O–H groups in total. The van der Waals surface area contributed by atoms with E-state index in [9.17, 15) is 13.2 Å². The first kappa shape index (κ1) is 18.4. The van der Waals surface area contributed by atoms with Gasteiger partial charge in [-0.1, -0.05) is 0 Å². The summed E-state index contributed by atoms with van der Waals surface area (Å²) in [7, 11) is 0. The van der Waals surface area contributed by atoms with Crippen LogP contribution in [0.4, 0.5) is 13.2 Å². The maximum Gasteiger partial charge on any atom is 0.434 e. The SMILES string of the molecule is CCNC(=NCc1nc(C(F)(F)F)cs1)NC1CCN(C2CC2)CC1. The molecule has 0 bridgehead atoms. The van der Waals surface area contributed by atoms with Crippen molar-refractivity contribution in [2.75, 3.05) is 19.6 Å². The molecule has 1 saturated heterocycles. The molecule has 1 aromatic heterocycles. The lowest BCUT2D eigenvalue weighted by Crippen LogP contribution is -2.49. The van der Waals surface area contributed by atoms with E-state index in [0.717, 1.165) is 48.7 Å². The predicted octanol–water partition coefficient (Wildman–Crippen LogP) is 2.84. The Morgan fingerprint density at radius 2 is 2.04 bits per heavy atom. The Balaban J connectivity index is 1.53. The van der Waals surface area contributed by atoms with Crippen molar-refractivity contribution in [3.05, 3.63) is 16.1 Å². The summed E-state index contributed by atoms with van der Waals surface area (Å²) in [6, 6.07) is 1.16. The normalized spacial score (nSPS) is 20.7. The number of aromatic nitrogens is 1. The first-order chi connectivity index (χ1) is 12.0. The number of hydrogen-bond donors (Lipinski definition) is 2. The number of aliphatic imine (C=N–C) groups is 1. The third kappa shape index (κ3) is 5.31. The lowest BCUT2D eigenvalue weighted by molar-refractivity contribution is -0.140. The Labute approximate surface area is 149 Å². The van der Waals surface area contributed by atoms with Crippen LogP contribution in [0, 0.1) is 0 Å².